The number of hydrogen-bond donors (Lipinski definition) is 1. The number of rotatable bonds is 4. The molecule has 1 aliphatic rings. The van der Waals surface area contributed by atoms with E-state index in [2.05, 4.69) is 5.32 Å². The Kier molecular flexibility index (Phi) is 4.06. The predicted molar refractivity (Wildman–Crippen MR) is 51.6 cm³/mol. The van der Waals surface area contributed by atoms with Crippen molar-refractivity contribution in [2.75, 3.05) is 6.54 Å². The smallest absolute Gasteiger partial charge is 0.407 e. The molecule has 1 amide bonds. The Morgan fingerprint density at radius 3 is 2.77 bits per heavy atom. The van der Waals surface area contributed by atoms with Crippen molar-refractivity contribution < 1.29 is 9.53 Å². The minimum Gasteiger partial charge on any atom is -0.447 e. The normalized spacial score (nSPS) is 18.9. The molecule has 1 atom stereocenters. The van der Waals surface area contributed by atoms with Crippen LogP contribution in [0.5, 0.6) is 0 Å². The lowest BCUT2D eigenvalue weighted by atomic mass is 9.85. The SMILES string of the molecule is CCC(C)OC(=O)NCC1CCC1. The van der Waals surface area contributed by atoms with Crippen LogP contribution < -0.4 is 5.32 Å². The van der Waals surface area contributed by atoms with Crippen LogP contribution in [0, 0.1) is 5.92 Å². The van der Waals surface area contributed by atoms with Crippen molar-refractivity contribution in [3.8, 4) is 0 Å². The van der Waals surface area contributed by atoms with Gasteiger partial charge in [0, 0.05) is 6.54 Å². The van der Waals surface area contributed by atoms with Crippen molar-refractivity contribution in [3.05, 3.63) is 0 Å². The number of hydrogen-bond acceptors (Lipinski definition) is 2. The van der Waals surface area contributed by atoms with Crippen LogP contribution in [0.15, 0.2) is 0 Å². The molecule has 0 aromatic carbocycles. The van der Waals surface area contributed by atoms with Crippen LogP contribution in [0.25, 0.3) is 0 Å². The lowest BCUT2D eigenvalue weighted by Gasteiger charge is -2.25. The summed E-state index contributed by atoms with van der Waals surface area (Å²) in [6, 6.07) is 0. The van der Waals surface area contributed by atoms with E-state index in [0.29, 0.717) is 5.92 Å². The maximum Gasteiger partial charge on any atom is 0.407 e. The molecule has 0 bridgehead atoms. The number of amides is 1. The molecular weight excluding hydrogens is 166 g/mol. The van der Waals surface area contributed by atoms with E-state index in [1.54, 1.807) is 0 Å². The Hall–Kier alpha value is -0.730. The van der Waals surface area contributed by atoms with Gasteiger partial charge in [0.2, 0.25) is 0 Å². The van der Waals surface area contributed by atoms with Gasteiger partial charge in [0.15, 0.2) is 0 Å². The molecule has 0 heterocycles. The lowest BCUT2D eigenvalue weighted by molar-refractivity contribution is 0.102. The van der Waals surface area contributed by atoms with Crippen molar-refractivity contribution in [1.29, 1.82) is 0 Å². The standard InChI is InChI=1S/C10H19NO2/c1-3-8(2)13-10(12)11-7-9-5-4-6-9/h8-9H,3-7H2,1-2H3,(H,11,12). The van der Waals surface area contributed by atoms with Gasteiger partial charge in [-0.3, -0.25) is 0 Å². The van der Waals surface area contributed by atoms with E-state index >= 15 is 0 Å². The summed E-state index contributed by atoms with van der Waals surface area (Å²) in [4.78, 5) is 11.1. The molecular formula is C10H19NO2. The summed E-state index contributed by atoms with van der Waals surface area (Å²) in [6.07, 6.45) is 4.46. The van der Waals surface area contributed by atoms with Gasteiger partial charge in [0.1, 0.15) is 6.10 Å². The van der Waals surface area contributed by atoms with E-state index < -0.39 is 0 Å². The first-order valence-electron chi connectivity index (χ1n) is 5.16. The van der Waals surface area contributed by atoms with Crippen LogP contribution in [-0.4, -0.2) is 18.7 Å². The first-order valence-corrected chi connectivity index (χ1v) is 5.16. The molecule has 0 saturated heterocycles. The Morgan fingerprint density at radius 1 is 1.62 bits per heavy atom. The van der Waals surface area contributed by atoms with Crippen molar-refractivity contribution in [2.24, 2.45) is 5.92 Å². The van der Waals surface area contributed by atoms with Crippen LogP contribution in [0.1, 0.15) is 39.5 Å². The molecule has 13 heavy (non-hydrogen) atoms. The van der Waals surface area contributed by atoms with Crippen LogP contribution in [0.2, 0.25) is 0 Å². The minimum atomic E-state index is -0.263. The van der Waals surface area contributed by atoms with E-state index in [0.717, 1.165) is 13.0 Å². The Morgan fingerprint density at radius 2 is 2.31 bits per heavy atom. The van der Waals surface area contributed by atoms with E-state index in [1.165, 1.54) is 19.3 Å². The van der Waals surface area contributed by atoms with E-state index in [-0.39, 0.29) is 12.2 Å². The first-order chi connectivity index (χ1) is 6.22. The van der Waals surface area contributed by atoms with Crippen molar-refractivity contribution >= 4 is 6.09 Å². The maximum absolute atomic E-state index is 11.1. The molecule has 0 aliphatic heterocycles. The molecule has 1 rings (SSSR count). The first kappa shape index (κ1) is 10.4. The molecule has 1 fully saturated rings. The van der Waals surface area contributed by atoms with Crippen molar-refractivity contribution in [2.45, 2.75) is 45.6 Å². The Bertz CT molecular complexity index is 166. The number of carbonyl (C=O) groups excluding carboxylic acids is 1. The summed E-state index contributed by atoms with van der Waals surface area (Å²) in [7, 11) is 0. The summed E-state index contributed by atoms with van der Waals surface area (Å²) < 4.78 is 5.07. The monoisotopic (exact) mass is 185 g/mol. The van der Waals surface area contributed by atoms with Gasteiger partial charge in [-0.1, -0.05) is 13.3 Å². The second-order valence-corrected chi connectivity index (χ2v) is 3.80. The van der Waals surface area contributed by atoms with Gasteiger partial charge in [-0.15, -0.1) is 0 Å². The van der Waals surface area contributed by atoms with Gasteiger partial charge in [-0.05, 0) is 32.1 Å². The van der Waals surface area contributed by atoms with Gasteiger partial charge in [-0.2, -0.15) is 0 Å². The van der Waals surface area contributed by atoms with Crippen LogP contribution >= 0.6 is 0 Å². The van der Waals surface area contributed by atoms with Gasteiger partial charge < -0.3 is 10.1 Å². The fourth-order valence-electron chi connectivity index (χ4n) is 1.23. The molecule has 76 valence electrons. The molecule has 1 saturated carbocycles. The zero-order chi connectivity index (χ0) is 9.68. The van der Waals surface area contributed by atoms with Crippen LogP contribution in [0.4, 0.5) is 4.79 Å². The predicted octanol–water partition coefficient (Wildman–Crippen LogP) is 2.31. The van der Waals surface area contributed by atoms with Gasteiger partial charge in [0.25, 0.3) is 0 Å². The lowest BCUT2D eigenvalue weighted by Crippen LogP contribution is -2.34. The molecule has 1 N–H and O–H groups in total. The van der Waals surface area contributed by atoms with Crippen LogP contribution in [-0.2, 0) is 4.74 Å². The molecule has 1 aliphatic carbocycles. The highest BCUT2D eigenvalue weighted by molar-refractivity contribution is 5.67. The second kappa shape index (κ2) is 5.10. The Labute approximate surface area is 79.8 Å². The fourth-order valence-corrected chi connectivity index (χ4v) is 1.23. The van der Waals surface area contributed by atoms with E-state index in [9.17, 15) is 4.79 Å². The summed E-state index contributed by atoms with van der Waals surface area (Å²) >= 11 is 0. The molecule has 3 nitrogen and oxygen atoms in total. The highest BCUT2D eigenvalue weighted by atomic mass is 16.6. The Balaban J connectivity index is 2.03. The fraction of sp³-hybridized carbons (Fsp3) is 0.900. The number of alkyl carbamates (subject to hydrolysis) is 1. The number of carbonyl (C=O) groups is 1. The average molecular weight is 185 g/mol. The van der Waals surface area contributed by atoms with Crippen molar-refractivity contribution in [3.63, 3.8) is 0 Å². The molecule has 0 radical (unpaired) electrons. The highest BCUT2D eigenvalue weighted by Crippen LogP contribution is 2.25. The van der Waals surface area contributed by atoms with Gasteiger partial charge in [0.05, 0.1) is 0 Å². The highest BCUT2D eigenvalue weighted by Gasteiger charge is 2.18. The molecule has 1 unspecified atom stereocenters. The average Bonchev–Trinajstić information content (AvgIpc) is 2.01. The minimum absolute atomic E-state index is 0.0291. The van der Waals surface area contributed by atoms with Crippen molar-refractivity contribution in [1.82, 2.24) is 5.32 Å². The third-order valence-electron chi connectivity index (χ3n) is 2.64. The maximum atomic E-state index is 11.1. The second-order valence-electron chi connectivity index (χ2n) is 3.80. The number of nitrogens with one attached hydrogen (secondary N) is 1. The molecule has 0 aromatic rings. The summed E-state index contributed by atoms with van der Waals surface area (Å²) in [5.74, 6) is 0.699. The topological polar surface area (TPSA) is 38.3 Å². The molecule has 3 heteroatoms. The molecule has 0 spiro atoms. The quantitative estimate of drug-likeness (QED) is 0.730. The zero-order valence-electron chi connectivity index (χ0n) is 8.51. The summed E-state index contributed by atoms with van der Waals surface area (Å²) in [5.41, 5.74) is 0. The molecule has 0 aromatic heterocycles. The van der Waals surface area contributed by atoms with Gasteiger partial charge in [-0.25, -0.2) is 4.79 Å². The van der Waals surface area contributed by atoms with Crippen LogP contribution in [0.3, 0.4) is 0 Å². The third-order valence-corrected chi connectivity index (χ3v) is 2.64. The number of ether oxygens (including phenoxy) is 1. The van der Waals surface area contributed by atoms with Gasteiger partial charge >= 0.3 is 6.09 Å². The summed E-state index contributed by atoms with van der Waals surface area (Å²) in [5, 5.41) is 2.79. The van der Waals surface area contributed by atoms with E-state index in [4.69, 9.17) is 4.74 Å². The largest absolute Gasteiger partial charge is 0.447 e. The van der Waals surface area contributed by atoms with E-state index in [1.807, 2.05) is 13.8 Å². The summed E-state index contributed by atoms with van der Waals surface area (Å²) in [6.45, 7) is 4.70. The third kappa shape index (κ3) is 3.66. The zero-order valence-corrected chi connectivity index (χ0v) is 8.51.